The van der Waals surface area contributed by atoms with E-state index in [4.69, 9.17) is 4.74 Å². The number of ether oxygens (including phenoxy) is 1. The largest absolute Gasteiger partial charge is 0.468 e. The van der Waals surface area contributed by atoms with E-state index in [2.05, 4.69) is 36.1 Å². The van der Waals surface area contributed by atoms with E-state index in [0.29, 0.717) is 12.1 Å². The van der Waals surface area contributed by atoms with Crippen molar-refractivity contribution in [2.75, 3.05) is 40.8 Å². The number of methoxy groups -OCH3 is 1. The summed E-state index contributed by atoms with van der Waals surface area (Å²) in [6, 6.07) is 1.15. The van der Waals surface area contributed by atoms with Gasteiger partial charge in [0.05, 0.1) is 7.11 Å². The Morgan fingerprint density at radius 3 is 2.81 bits per heavy atom. The molecule has 21 heavy (non-hydrogen) atoms. The van der Waals surface area contributed by atoms with Gasteiger partial charge < -0.3 is 15.0 Å². The van der Waals surface area contributed by atoms with Crippen LogP contribution in [0.25, 0.3) is 0 Å². The summed E-state index contributed by atoms with van der Waals surface area (Å²) < 4.78 is 5.06. The molecule has 0 aromatic heterocycles. The van der Waals surface area contributed by atoms with Gasteiger partial charge in [-0.05, 0) is 59.3 Å². The van der Waals surface area contributed by atoms with E-state index in [1.165, 1.54) is 26.5 Å². The maximum Gasteiger partial charge on any atom is 0.326 e. The lowest BCUT2D eigenvalue weighted by molar-refractivity contribution is -0.148. The van der Waals surface area contributed by atoms with E-state index in [1.807, 2.05) is 0 Å². The summed E-state index contributed by atoms with van der Waals surface area (Å²) in [5.74, 6) is -0.0878. The second-order valence-corrected chi connectivity index (χ2v) is 6.80. The molecule has 1 aliphatic heterocycles. The Kier molecular flexibility index (Phi) is 5.63. The van der Waals surface area contributed by atoms with E-state index in [9.17, 15) is 4.79 Å². The molecule has 3 atom stereocenters. The number of likely N-dealkylation sites (N-methyl/N-ethyl adjacent to an activating group) is 2. The van der Waals surface area contributed by atoms with Crippen molar-refractivity contribution in [2.24, 2.45) is 0 Å². The zero-order valence-corrected chi connectivity index (χ0v) is 14.0. The Labute approximate surface area is 129 Å². The zero-order chi connectivity index (χ0) is 15.5. The molecule has 1 saturated carbocycles. The summed E-state index contributed by atoms with van der Waals surface area (Å²) in [7, 11) is 5.78. The zero-order valence-electron chi connectivity index (χ0n) is 14.0. The molecule has 2 rings (SSSR count). The van der Waals surface area contributed by atoms with Crippen LogP contribution in [0.4, 0.5) is 0 Å². The summed E-state index contributed by atoms with van der Waals surface area (Å²) in [5, 5.41) is 3.41. The van der Waals surface area contributed by atoms with Crippen molar-refractivity contribution in [1.82, 2.24) is 15.1 Å². The fourth-order valence-corrected chi connectivity index (χ4v) is 4.21. The third-order valence-corrected chi connectivity index (χ3v) is 5.05. The smallest absolute Gasteiger partial charge is 0.326 e. The molecule has 5 heteroatoms. The molecule has 2 fully saturated rings. The molecular weight excluding hydrogens is 266 g/mol. The highest BCUT2D eigenvalue weighted by atomic mass is 16.5. The van der Waals surface area contributed by atoms with Gasteiger partial charge in [0.2, 0.25) is 0 Å². The van der Waals surface area contributed by atoms with Gasteiger partial charge in [0.15, 0.2) is 0 Å². The number of carbonyl (C=O) groups excluding carboxylic acids is 1. The fourth-order valence-electron chi connectivity index (χ4n) is 4.21. The van der Waals surface area contributed by atoms with Crippen LogP contribution in [-0.4, -0.2) is 74.2 Å². The number of likely N-dealkylation sites (tertiary alicyclic amines) is 1. The summed E-state index contributed by atoms with van der Waals surface area (Å²) in [6.07, 6.45) is 5.43. The molecule has 3 unspecified atom stereocenters. The van der Waals surface area contributed by atoms with Gasteiger partial charge in [-0.3, -0.25) is 9.69 Å². The first-order chi connectivity index (χ1) is 10.0. The minimum absolute atomic E-state index is 0.0878. The number of esters is 1. The topological polar surface area (TPSA) is 44.8 Å². The van der Waals surface area contributed by atoms with Gasteiger partial charge in [0, 0.05) is 18.6 Å². The molecule has 0 bridgehead atoms. The van der Waals surface area contributed by atoms with Crippen molar-refractivity contribution in [3.8, 4) is 0 Å². The van der Waals surface area contributed by atoms with Crippen molar-refractivity contribution in [3.05, 3.63) is 0 Å². The number of carbonyl (C=O) groups is 1. The highest BCUT2D eigenvalue weighted by molar-refractivity contribution is 5.81. The molecule has 5 nitrogen and oxygen atoms in total. The minimum Gasteiger partial charge on any atom is -0.468 e. The number of hydrogen-bond donors (Lipinski definition) is 1. The van der Waals surface area contributed by atoms with Crippen molar-refractivity contribution in [1.29, 1.82) is 0 Å². The standard InChI is InChI=1S/C16H31N3O2/c1-5-17-16(15(20)21-4)9-8-13(11-16)19-10-6-7-14(19)12-18(2)3/h13-14,17H,5-12H2,1-4H3. The molecule has 0 aromatic rings. The van der Waals surface area contributed by atoms with Gasteiger partial charge >= 0.3 is 5.97 Å². The molecular formula is C16H31N3O2. The Morgan fingerprint density at radius 1 is 1.43 bits per heavy atom. The van der Waals surface area contributed by atoms with Gasteiger partial charge in [0.1, 0.15) is 5.54 Å². The van der Waals surface area contributed by atoms with Crippen LogP contribution in [0, 0.1) is 0 Å². The average Bonchev–Trinajstić information content (AvgIpc) is 3.05. The fraction of sp³-hybridized carbons (Fsp3) is 0.938. The lowest BCUT2D eigenvalue weighted by atomic mass is 9.97. The predicted octanol–water partition coefficient (Wildman–Crippen LogP) is 1.09. The third-order valence-electron chi connectivity index (χ3n) is 5.05. The third kappa shape index (κ3) is 3.58. The van der Waals surface area contributed by atoms with E-state index in [-0.39, 0.29) is 5.97 Å². The van der Waals surface area contributed by atoms with E-state index in [0.717, 1.165) is 32.4 Å². The molecule has 1 N–H and O–H groups in total. The van der Waals surface area contributed by atoms with Crippen LogP contribution in [0.2, 0.25) is 0 Å². The van der Waals surface area contributed by atoms with Crippen LogP contribution in [0.1, 0.15) is 39.0 Å². The maximum atomic E-state index is 12.2. The Balaban J connectivity index is 2.04. The van der Waals surface area contributed by atoms with Crippen molar-refractivity contribution in [2.45, 2.75) is 56.7 Å². The first kappa shape index (κ1) is 16.7. The maximum absolute atomic E-state index is 12.2. The van der Waals surface area contributed by atoms with Crippen LogP contribution in [-0.2, 0) is 9.53 Å². The first-order valence-corrected chi connectivity index (χ1v) is 8.26. The molecule has 2 aliphatic rings. The normalized spacial score (nSPS) is 33.8. The van der Waals surface area contributed by atoms with Crippen LogP contribution < -0.4 is 5.32 Å². The summed E-state index contributed by atoms with van der Waals surface area (Å²) in [5.41, 5.74) is -0.459. The van der Waals surface area contributed by atoms with Gasteiger partial charge in [-0.15, -0.1) is 0 Å². The molecule has 0 spiro atoms. The van der Waals surface area contributed by atoms with E-state index >= 15 is 0 Å². The van der Waals surface area contributed by atoms with Crippen LogP contribution in [0.5, 0.6) is 0 Å². The lowest BCUT2D eigenvalue weighted by Gasteiger charge is -2.34. The lowest BCUT2D eigenvalue weighted by Crippen LogP contribution is -2.52. The first-order valence-electron chi connectivity index (χ1n) is 8.26. The highest BCUT2D eigenvalue weighted by Crippen LogP contribution is 2.37. The quantitative estimate of drug-likeness (QED) is 0.744. The Morgan fingerprint density at radius 2 is 2.19 bits per heavy atom. The molecule has 0 amide bonds. The summed E-state index contributed by atoms with van der Waals surface area (Å²) in [6.45, 7) is 5.15. The second-order valence-electron chi connectivity index (χ2n) is 6.80. The SMILES string of the molecule is CCNC1(C(=O)OC)CCC(N2CCCC2CN(C)C)C1. The van der Waals surface area contributed by atoms with Crippen LogP contribution in [0.3, 0.4) is 0 Å². The second kappa shape index (κ2) is 7.07. The molecule has 122 valence electrons. The molecule has 1 saturated heterocycles. The number of nitrogens with one attached hydrogen (secondary N) is 1. The van der Waals surface area contributed by atoms with Gasteiger partial charge in [-0.2, -0.15) is 0 Å². The van der Waals surface area contributed by atoms with Gasteiger partial charge in [-0.25, -0.2) is 0 Å². The van der Waals surface area contributed by atoms with Crippen molar-refractivity contribution < 1.29 is 9.53 Å². The molecule has 0 radical (unpaired) electrons. The molecule has 0 aromatic carbocycles. The van der Waals surface area contributed by atoms with Crippen LogP contribution >= 0.6 is 0 Å². The Hall–Kier alpha value is -0.650. The number of rotatable bonds is 6. The van der Waals surface area contributed by atoms with E-state index in [1.54, 1.807) is 0 Å². The van der Waals surface area contributed by atoms with Gasteiger partial charge in [-0.1, -0.05) is 6.92 Å². The summed E-state index contributed by atoms with van der Waals surface area (Å²) in [4.78, 5) is 17.1. The van der Waals surface area contributed by atoms with Crippen LogP contribution in [0.15, 0.2) is 0 Å². The Bertz CT molecular complexity index is 361. The highest BCUT2D eigenvalue weighted by Gasteiger charge is 2.48. The van der Waals surface area contributed by atoms with E-state index < -0.39 is 5.54 Å². The predicted molar refractivity (Wildman–Crippen MR) is 84.3 cm³/mol. The number of hydrogen-bond acceptors (Lipinski definition) is 5. The molecule has 1 heterocycles. The van der Waals surface area contributed by atoms with Crippen molar-refractivity contribution >= 4 is 5.97 Å². The monoisotopic (exact) mass is 297 g/mol. The number of nitrogens with zero attached hydrogens (tertiary/aromatic N) is 2. The summed E-state index contributed by atoms with van der Waals surface area (Å²) >= 11 is 0. The average molecular weight is 297 g/mol. The van der Waals surface area contributed by atoms with Gasteiger partial charge in [0.25, 0.3) is 0 Å². The molecule has 1 aliphatic carbocycles. The minimum atomic E-state index is -0.459. The van der Waals surface area contributed by atoms with Crippen molar-refractivity contribution in [3.63, 3.8) is 0 Å².